The van der Waals surface area contributed by atoms with Crippen LogP contribution in [0.3, 0.4) is 0 Å². The van der Waals surface area contributed by atoms with Gasteiger partial charge in [-0.15, -0.1) is 0 Å². The van der Waals surface area contributed by atoms with E-state index in [0.29, 0.717) is 11.8 Å². The van der Waals surface area contributed by atoms with Gasteiger partial charge in [0.15, 0.2) is 0 Å². The number of fused-ring (bicyclic) bond motifs is 1. The topological polar surface area (TPSA) is 52.6 Å². The van der Waals surface area contributed by atoms with Crippen LogP contribution >= 0.6 is 0 Å². The monoisotopic (exact) mass is 302 g/mol. The normalized spacial score (nSPS) is 26.6. The summed E-state index contributed by atoms with van der Waals surface area (Å²) in [7, 11) is 0. The quantitative estimate of drug-likeness (QED) is 0.882. The average molecular weight is 302 g/mol. The number of hydrogen-bond acceptors (Lipinski definition) is 2. The zero-order valence-electron chi connectivity index (χ0n) is 13.5. The number of benzene rings is 1. The zero-order valence-corrected chi connectivity index (χ0v) is 13.5. The average Bonchev–Trinajstić information content (AvgIpc) is 2.83. The first-order valence-corrected chi connectivity index (χ1v) is 8.37. The summed E-state index contributed by atoms with van der Waals surface area (Å²) in [5.41, 5.74) is 2.62. The molecule has 0 aromatic heterocycles. The van der Waals surface area contributed by atoms with Gasteiger partial charge in [0, 0.05) is 13.1 Å². The highest BCUT2D eigenvalue weighted by atomic mass is 16.3. The minimum Gasteiger partial charge on any atom is -0.393 e. The lowest BCUT2D eigenvalue weighted by molar-refractivity contribution is 0.0790. The van der Waals surface area contributed by atoms with Crippen molar-refractivity contribution in [2.75, 3.05) is 13.1 Å². The predicted octanol–water partition coefficient (Wildman–Crippen LogP) is 2.72. The number of nitrogens with one attached hydrogen (secondary N) is 1. The number of aliphatic hydroxyl groups excluding tert-OH is 1. The van der Waals surface area contributed by atoms with Crippen LogP contribution in [0.25, 0.3) is 0 Å². The second kappa shape index (κ2) is 6.29. The first kappa shape index (κ1) is 15.3. The highest BCUT2D eigenvalue weighted by Gasteiger charge is 2.32. The smallest absolute Gasteiger partial charge is 0.317 e. The Morgan fingerprint density at radius 2 is 2.00 bits per heavy atom. The maximum atomic E-state index is 12.5. The van der Waals surface area contributed by atoms with Crippen LogP contribution in [0.2, 0.25) is 0 Å². The standard InChI is InChI=1S/C18H26N2O2/c1-12-11-15-5-3-4-6-16(15)17(12)19-18(22)20-9-7-14(8-10-20)13(2)21/h3-6,12-14,17,21H,7-11H2,1-2H3,(H,19,22). The van der Waals surface area contributed by atoms with E-state index in [1.165, 1.54) is 11.1 Å². The van der Waals surface area contributed by atoms with E-state index in [1.54, 1.807) is 0 Å². The number of carbonyl (C=O) groups excluding carboxylic acids is 1. The number of nitrogens with zero attached hydrogens (tertiary/aromatic N) is 1. The van der Waals surface area contributed by atoms with Gasteiger partial charge in [0.05, 0.1) is 12.1 Å². The molecule has 0 saturated carbocycles. The lowest BCUT2D eigenvalue weighted by atomic mass is 9.92. The summed E-state index contributed by atoms with van der Waals surface area (Å²) >= 11 is 0. The van der Waals surface area contributed by atoms with Gasteiger partial charge < -0.3 is 15.3 Å². The molecule has 1 aromatic carbocycles. The number of aliphatic hydroxyl groups is 1. The van der Waals surface area contributed by atoms with E-state index in [2.05, 4.69) is 30.4 Å². The van der Waals surface area contributed by atoms with E-state index in [9.17, 15) is 9.90 Å². The molecule has 3 atom stereocenters. The minimum atomic E-state index is -0.271. The molecule has 1 fully saturated rings. The molecule has 1 saturated heterocycles. The number of amides is 2. The fourth-order valence-electron chi connectivity index (χ4n) is 3.82. The SMILES string of the molecule is CC(O)C1CCN(C(=O)NC2c3ccccc3CC2C)CC1. The van der Waals surface area contributed by atoms with Gasteiger partial charge in [-0.3, -0.25) is 0 Å². The Kier molecular flexibility index (Phi) is 4.39. The molecule has 3 unspecified atom stereocenters. The van der Waals surface area contributed by atoms with Gasteiger partial charge in [-0.1, -0.05) is 31.2 Å². The van der Waals surface area contributed by atoms with Gasteiger partial charge in [0.25, 0.3) is 0 Å². The lowest BCUT2D eigenvalue weighted by Crippen LogP contribution is -2.47. The Bertz CT molecular complexity index is 536. The Hall–Kier alpha value is -1.55. The molecule has 1 aromatic rings. The van der Waals surface area contributed by atoms with Crippen molar-refractivity contribution in [2.45, 2.75) is 45.3 Å². The van der Waals surface area contributed by atoms with Gasteiger partial charge in [0.1, 0.15) is 0 Å². The fourth-order valence-corrected chi connectivity index (χ4v) is 3.82. The zero-order chi connectivity index (χ0) is 15.7. The predicted molar refractivity (Wildman–Crippen MR) is 86.6 cm³/mol. The first-order chi connectivity index (χ1) is 10.6. The Morgan fingerprint density at radius 1 is 1.32 bits per heavy atom. The molecule has 3 rings (SSSR count). The van der Waals surface area contributed by atoms with E-state index in [1.807, 2.05) is 17.9 Å². The number of rotatable bonds is 2. The van der Waals surface area contributed by atoms with E-state index < -0.39 is 0 Å². The van der Waals surface area contributed by atoms with Crippen molar-refractivity contribution in [3.05, 3.63) is 35.4 Å². The van der Waals surface area contributed by atoms with Crippen molar-refractivity contribution in [3.8, 4) is 0 Å². The molecule has 0 radical (unpaired) electrons. The molecule has 1 aliphatic carbocycles. The lowest BCUT2D eigenvalue weighted by Gasteiger charge is -2.34. The molecule has 22 heavy (non-hydrogen) atoms. The second-order valence-electron chi connectivity index (χ2n) is 6.87. The summed E-state index contributed by atoms with van der Waals surface area (Å²) < 4.78 is 0. The van der Waals surface area contributed by atoms with Crippen LogP contribution in [0.1, 0.15) is 43.9 Å². The van der Waals surface area contributed by atoms with E-state index in [4.69, 9.17) is 0 Å². The molecule has 4 nitrogen and oxygen atoms in total. The highest BCUT2D eigenvalue weighted by molar-refractivity contribution is 5.75. The Balaban J connectivity index is 1.61. The fraction of sp³-hybridized carbons (Fsp3) is 0.611. The van der Waals surface area contributed by atoms with Gasteiger partial charge in [0.2, 0.25) is 0 Å². The summed E-state index contributed by atoms with van der Waals surface area (Å²) in [5, 5.41) is 12.9. The number of hydrogen-bond donors (Lipinski definition) is 2. The largest absolute Gasteiger partial charge is 0.393 e. The molecular formula is C18H26N2O2. The number of urea groups is 1. The van der Waals surface area contributed by atoms with Crippen LogP contribution in [-0.2, 0) is 6.42 Å². The number of piperidine rings is 1. The molecule has 4 heteroatoms. The van der Waals surface area contributed by atoms with Crippen LogP contribution < -0.4 is 5.32 Å². The van der Waals surface area contributed by atoms with E-state index in [0.717, 1.165) is 32.4 Å². The Labute approximate surface area is 132 Å². The van der Waals surface area contributed by atoms with Crippen LogP contribution in [0, 0.1) is 11.8 Å². The van der Waals surface area contributed by atoms with Crippen LogP contribution in [0.4, 0.5) is 4.79 Å². The number of likely N-dealkylation sites (tertiary alicyclic amines) is 1. The van der Waals surface area contributed by atoms with Crippen molar-refractivity contribution < 1.29 is 9.90 Å². The maximum absolute atomic E-state index is 12.5. The molecule has 2 N–H and O–H groups in total. The van der Waals surface area contributed by atoms with Gasteiger partial charge in [-0.25, -0.2) is 4.79 Å². The van der Waals surface area contributed by atoms with Crippen LogP contribution in [-0.4, -0.2) is 35.2 Å². The van der Waals surface area contributed by atoms with E-state index in [-0.39, 0.29) is 18.2 Å². The molecule has 2 aliphatic rings. The van der Waals surface area contributed by atoms with Crippen LogP contribution in [0.15, 0.2) is 24.3 Å². The third-order valence-electron chi connectivity index (χ3n) is 5.29. The van der Waals surface area contributed by atoms with Crippen molar-refractivity contribution in [2.24, 2.45) is 11.8 Å². The molecule has 120 valence electrons. The van der Waals surface area contributed by atoms with Crippen molar-refractivity contribution in [1.82, 2.24) is 10.2 Å². The molecule has 2 amide bonds. The summed E-state index contributed by atoms with van der Waals surface area (Å²) in [5.74, 6) is 0.770. The van der Waals surface area contributed by atoms with E-state index >= 15 is 0 Å². The summed E-state index contributed by atoms with van der Waals surface area (Å²) in [6.45, 7) is 5.52. The van der Waals surface area contributed by atoms with Crippen molar-refractivity contribution in [1.29, 1.82) is 0 Å². The minimum absolute atomic E-state index is 0.0394. The summed E-state index contributed by atoms with van der Waals surface area (Å²) in [6.07, 6.45) is 2.54. The second-order valence-corrected chi connectivity index (χ2v) is 6.87. The van der Waals surface area contributed by atoms with Gasteiger partial charge in [-0.05, 0) is 49.1 Å². The molecule has 1 heterocycles. The van der Waals surface area contributed by atoms with Crippen molar-refractivity contribution in [3.63, 3.8) is 0 Å². The third-order valence-corrected chi connectivity index (χ3v) is 5.29. The maximum Gasteiger partial charge on any atom is 0.317 e. The highest BCUT2D eigenvalue weighted by Crippen LogP contribution is 2.35. The van der Waals surface area contributed by atoms with Gasteiger partial charge >= 0.3 is 6.03 Å². The Morgan fingerprint density at radius 3 is 2.68 bits per heavy atom. The summed E-state index contributed by atoms with van der Waals surface area (Å²) in [4.78, 5) is 14.4. The molecule has 0 bridgehead atoms. The van der Waals surface area contributed by atoms with Crippen LogP contribution in [0.5, 0.6) is 0 Å². The first-order valence-electron chi connectivity index (χ1n) is 8.37. The van der Waals surface area contributed by atoms with Gasteiger partial charge in [-0.2, -0.15) is 0 Å². The molecule has 0 spiro atoms. The molecule has 1 aliphatic heterocycles. The number of carbonyl (C=O) groups is 1. The molecular weight excluding hydrogens is 276 g/mol. The third kappa shape index (κ3) is 2.98. The van der Waals surface area contributed by atoms with Crippen molar-refractivity contribution >= 4 is 6.03 Å². The summed E-state index contributed by atoms with van der Waals surface area (Å²) in [6, 6.07) is 8.56.